The molecule has 1 amide bonds. The maximum Gasteiger partial charge on any atom is 0.246 e. The minimum Gasteiger partial charge on any atom is -0.489 e. The van der Waals surface area contributed by atoms with Gasteiger partial charge in [-0.05, 0) is 53.6 Å². The van der Waals surface area contributed by atoms with Crippen LogP contribution in [0.4, 0.5) is 5.69 Å². The number of hydrogen-bond acceptors (Lipinski definition) is 3. The lowest BCUT2D eigenvalue weighted by Crippen LogP contribution is -2.48. The molecular formula is C26H25ClN2O2. The van der Waals surface area contributed by atoms with Crippen molar-refractivity contribution >= 4 is 29.3 Å². The van der Waals surface area contributed by atoms with E-state index in [4.69, 9.17) is 16.3 Å². The van der Waals surface area contributed by atoms with Crippen molar-refractivity contribution in [2.24, 2.45) is 0 Å². The first-order chi connectivity index (χ1) is 15.2. The molecule has 3 aromatic carbocycles. The van der Waals surface area contributed by atoms with Crippen LogP contribution < -0.4 is 9.64 Å². The van der Waals surface area contributed by atoms with E-state index in [0.29, 0.717) is 24.7 Å². The molecule has 1 heterocycles. The number of hydrogen-bond donors (Lipinski definition) is 0. The zero-order valence-corrected chi connectivity index (χ0v) is 18.0. The van der Waals surface area contributed by atoms with E-state index >= 15 is 0 Å². The van der Waals surface area contributed by atoms with Crippen LogP contribution in [0, 0.1) is 0 Å². The van der Waals surface area contributed by atoms with Crippen molar-refractivity contribution in [1.82, 2.24) is 4.90 Å². The number of rotatable bonds is 6. The van der Waals surface area contributed by atoms with Crippen molar-refractivity contribution in [3.8, 4) is 5.75 Å². The lowest BCUT2D eigenvalue weighted by Gasteiger charge is -2.35. The van der Waals surface area contributed by atoms with Crippen LogP contribution >= 0.6 is 11.6 Å². The van der Waals surface area contributed by atoms with Gasteiger partial charge in [-0.1, -0.05) is 54.1 Å². The number of piperazine rings is 1. The minimum absolute atomic E-state index is 0.0317. The number of carbonyl (C=O) groups excluding carboxylic acids is 1. The number of nitrogens with zero attached hydrogens (tertiary/aromatic N) is 2. The topological polar surface area (TPSA) is 32.8 Å². The molecule has 158 valence electrons. The molecule has 0 unspecified atom stereocenters. The fourth-order valence-electron chi connectivity index (χ4n) is 3.56. The first-order valence-corrected chi connectivity index (χ1v) is 10.8. The first kappa shape index (κ1) is 21.0. The summed E-state index contributed by atoms with van der Waals surface area (Å²) in [4.78, 5) is 16.7. The van der Waals surface area contributed by atoms with Gasteiger partial charge < -0.3 is 14.5 Å². The summed E-state index contributed by atoms with van der Waals surface area (Å²) in [5.74, 6) is 0.886. The molecule has 0 aliphatic carbocycles. The zero-order chi connectivity index (χ0) is 21.5. The molecular weight excluding hydrogens is 408 g/mol. The second-order valence-corrected chi connectivity index (χ2v) is 7.91. The molecule has 0 saturated carbocycles. The van der Waals surface area contributed by atoms with Gasteiger partial charge in [0.05, 0.1) is 0 Å². The maximum absolute atomic E-state index is 12.5. The van der Waals surface area contributed by atoms with Gasteiger partial charge in [-0.2, -0.15) is 0 Å². The molecule has 1 aliphatic rings. The third kappa shape index (κ3) is 5.89. The molecule has 1 fully saturated rings. The van der Waals surface area contributed by atoms with E-state index in [1.807, 2.05) is 65.6 Å². The van der Waals surface area contributed by atoms with E-state index in [-0.39, 0.29) is 5.91 Å². The molecule has 1 aliphatic heterocycles. The first-order valence-electron chi connectivity index (χ1n) is 10.4. The summed E-state index contributed by atoms with van der Waals surface area (Å²) in [6, 6.07) is 25.8. The number of ether oxygens (including phenoxy) is 1. The normalized spacial score (nSPS) is 14.1. The highest BCUT2D eigenvalue weighted by Crippen LogP contribution is 2.22. The Morgan fingerprint density at radius 3 is 2.35 bits per heavy atom. The van der Waals surface area contributed by atoms with Crippen LogP contribution in [0.25, 0.3) is 6.08 Å². The van der Waals surface area contributed by atoms with Crippen molar-refractivity contribution in [3.05, 3.63) is 101 Å². The van der Waals surface area contributed by atoms with Gasteiger partial charge >= 0.3 is 0 Å². The molecule has 0 N–H and O–H groups in total. The highest BCUT2D eigenvalue weighted by atomic mass is 35.5. The summed E-state index contributed by atoms with van der Waals surface area (Å²) in [6.45, 7) is 3.57. The summed E-state index contributed by atoms with van der Waals surface area (Å²) >= 11 is 6.00. The highest BCUT2D eigenvalue weighted by molar-refractivity contribution is 6.30. The fraction of sp³-hybridized carbons (Fsp3) is 0.192. The van der Waals surface area contributed by atoms with Gasteiger partial charge in [0.25, 0.3) is 0 Å². The van der Waals surface area contributed by atoms with Crippen molar-refractivity contribution in [3.63, 3.8) is 0 Å². The quantitative estimate of drug-likeness (QED) is 0.497. The Morgan fingerprint density at radius 2 is 1.65 bits per heavy atom. The van der Waals surface area contributed by atoms with Crippen molar-refractivity contribution in [2.75, 3.05) is 31.1 Å². The Morgan fingerprint density at radius 1 is 0.903 bits per heavy atom. The SMILES string of the molecule is O=C(/C=C/c1cccc(Cl)c1)N1CCN(c2ccc(OCc3ccccc3)cc2)CC1. The van der Waals surface area contributed by atoms with Crippen molar-refractivity contribution < 1.29 is 9.53 Å². The number of benzene rings is 3. The van der Waals surface area contributed by atoms with Gasteiger partial charge in [-0.25, -0.2) is 0 Å². The van der Waals surface area contributed by atoms with Crippen LogP contribution in [-0.4, -0.2) is 37.0 Å². The average Bonchev–Trinajstić information content (AvgIpc) is 2.82. The number of carbonyl (C=O) groups is 1. The highest BCUT2D eigenvalue weighted by Gasteiger charge is 2.19. The Bertz CT molecular complexity index is 1030. The molecule has 3 aromatic rings. The van der Waals surface area contributed by atoms with Crippen LogP contribution in [0.2, 0.25) is 5.02 Å². The summed E-state index contributed by atoms with van der Waals surface area (Å²) < 4.78 is 5.87. The van der Waals surface area contributed by atoms with E-state index in [2.05, 4.69) is 29.2 Å². The van der Waals surface area contributed by atoms with Crippen molar-refractivity contribution in [1.29, 1.82) is 0 Å². The largest absolute Gasteiger partial charge is 0.489 e. The molecule has 4 rings (SSSR count). The van der Waals surface area contributed by atoms with E-state index in [0.717, 1.165) is 35.7 Å². The second-order valence-electron chi connectivity index (χ2n) is 7.47. The Balaban J connectivity index is 1.26. The molecule has 0 bridgehead atoms. The minimum atomic E-state index is 0.0317. The molecule has 0 radical (unpaired) electrons. The molecule has 0 spiro atoms. The molecule has 1 saturated heterocycles. The average molecular weight is 433 g/mol. The summed E-state index contributed by atoms with van der Waals surface area (Å²) in [5, 5.41) is 0.666. The Labute approximate surface area is 188 Å². The van der Waals surface area contributed by atoms with Gasteiger partial charge in [0.1, 0.15) is 12.4 Å². The van der Waals surface area contributed by atoms with Crippen LogP contribution in [0.5, 0.6) is 5.75 Å². The van der Waals surface area contributed by atoms with Gasteiger partial charge in [0.15, 0.2) is 0 Å². The maximum atomic E-state index is 12.5. The summed E-state index contributed by atoms with van der Waals surface area (Å²) in [5.41, 5.74) is 3.22. The molecule has 5 heteroatoms. The Kier molecular flexibility index (Phi) is 6.90. The van der Waals surface area contributed by atoms with Gasteiger partial charge in [0, 0.05) is 43.0 Å². The van der Waals surface area contributed by atoms with Gasteiger partial charge in [0.2, 0.25) is 5.91 Å². The molecule has 31 heavy (non-hydrogen) atoms. The third-order valence-corrected chi connectivity index (χ3v) is 5.54. The Hall–Kier alpha value is -3.24. The lowest BCUT2D eigenvalue weighted by atomic mass is 10.2. The number of anilines is 1. The van der Waals surface area contributed by atoms with E-state index in [1.165, 1.54) is 0 Å². The van der Waals surface area contributed by atoms with E-state index in [9.17, 15) is 4.79 Å². The smallest absolute Gasteiger partial charge is 0.246 e. The van der Waals surface area contributed by atoms with Gasteiger partial charge in [-0.3, -0.25) is 4.79 Å². The standard InChI is InChI=1S/C26H25ClN2O2/c27-23-8-4-7-21(19-23)9-14-26(30)29-17-15-28(16-18-29)24-10-12-25(13-11-24)31-20-22-5-2-1-3-6-22/h1-14,19H,15-18,20H2/b14-9+. The van der Waals surface area contributed by atoms with Crippen LogP contribution in [0.1, 0.15) is 11.1 Å². The molecule has 4 nitrogen and oxygen atoms in total. The van der Waals surface area contributed by atoms with Crippen LogP contribution in [0.15, 0.2) is 84.9 Å². The van der Waals surface area contributed by atoms with E-state index < -0.39 is 0 Å². The van der Waals surface area contributed by atoms with Crippen LogP contribution in [-0.2, 0) is 11.4 Å². The van der Waals surface area contributed by atoms with Crippen molar-refractivity contribution in [2.45, 2.75) is 6.61 Å². The summed E-state index contributed by atoms with van der Waals surface area (Å²) in [7, 11) is 0. The predicted octanol–water partition coefficient (Wildman–Crippen LogP) is 5.28. The lowest BCUT2D eigenvalue weighted by molar-refractivity contribution is -0.126. The second kappa shape index (κ2) is 10.2. The fourth-order valence-corrected chi connectivity index (χ4v) is 3.76. The van der Waals surface area contributed by atoms with Crippen LogP contribution in [0.3, 0.4) is 0 Å². The summed E-state index contributed by atoms with van der Waals surface area (Å²) in [6.07, 6.45) is 3.44. The zero-order valence-electron chi connectivity index (χ0n) is 17.3. The third-order valence-electron chi connectivity index (χ3n) is 5.31. The van der Waals surface area contributed by atoms with E-state index in [1.54, 1.807) is 6.08 Å². The number of amides is 1. The monoisotopic (exact) mass is 432 g/mol. The van der Waals surface area contributed by atoms with Gasteiger partial charge in [-0.15, -0.1) is 0 Å². The molecule has 0 atom stereocenters. The molecule has 0 aromatic heterocycles. The number of halogens is 1. The predicted molar refractivity (Wildman–Crippen MR) is 126 cm³/mol.